The van der Waals surface area contributed by atoms with E-state index in [9.17, 15) is 9.59 Å². The molecule has 2 aromatic rings. The van der Waals surface area contributed by atoms with Gasteiger partial charge in [0.15, 0.2) is 5.78 Å². The van der Waals surface area contributed by atoms with E-state index in [1.165, 1.54) is 6.08 Å². The predicted molar refractivity (Wildman–Crippen MR) is 104 cm³/mol. The van der Waals surface area contributed by atoms with Gasteiger partial charge in [-0.2, -0.15) is 0 Å². The fourth-order valence-electron chi connectivity index (χ4n) is 2.03. The average Bonchev–Trinajstić information content (AvgIpc) is 2.61. The van der Waals surface area contributed by atoms with E-state index >= 15 is 0 Å². The lowest BCUT2D eigenvalue weighted by Crippen LogP contribution is -2.10. The van der Waals surface area contributed by atoms with Gasteiger partial charge in [0.2, 0.25) is 0 Å². The van der Waals surface area contributed by atoms with Gasteiger partial charge in [-0.05, 0) is 70.9 Å². The van der Waals surface area contributed by atoms with Gasteiger partial charge in [-0.1, -0.05) is 24.8 Å². The Morgan fingerprint density at radius 2 is 1.76 bits per heavy atom. The molecule has 5 heteroatoms. The first-order valence-electron chi connectivity index (χ1n) is 7.70. The van der Waals surface area contributed by atoms with E-state index in [-0.39, 0.29) is 16.2 Å². The van der Waals surface area contributed by atoms with Crippen LogP contribution in [0.15, 0.2) is 65.7 Å². The molecule has 0 atom stereocenters. The van der Waals surface area contributed by atoms with Crippen molar-refractivity contribution in [1.29, 1.82) is 0 Å². The maximum absolute atomic E-state index is 12.2. The lowest BCUT2D eigenvalue weighted by molar-refractivity contribution is -0.112. The second-order valence-corrected chi connectivity index (χ2v) is 6.09. The number of benzene rings is 2. The second kappa shape index (κ2) is 8.99. The van der Waals surface area contributed by atoms with Crippen LogP contribution in [-0.4, -0.2) is 18.3 Å². The van der Waals surface area contributed by atoms with E-state index in [1.54, 1.807) is 42.5 Å². The number of carbonyl (C=O) groups excluding carboxylic acids is 2. The van der Waals surface area contributed by atoms with Crippen molar-refractivity contribution in [3.05, 3.63) is 76.8 Å². The summed E-state index contributed by atoms with van der Waals surface area (Å²) in [6.45, 7) is 6.01. The maximum Gasteiger partial charge on any atom is 0.262 e. The molecule has 0 radical (unpaired) electrons. The number of halogens is 1. The van der Waals surface area contributed by atoms with E-state index in [4.69, 9.17) is 4.74 Å². The van der Waals surface area contributed by atoms with Crippen LogP contribution in [0.1, 0.15) is 22.8 Å². The summed E-state index contributed by atoms with van der Waals surface area (Å²) in [6.07, 6.45) is 3.25. The van der Waals surface area contributed by atoms with Crippen molar-refractivity contribution in [2.45, 2.75) is 6.92 Å². The monoisotopic (exact) mass is 399 g/mol. The fourth-order valence-corrected chi connectivity index (χ4v) is 2.13. The first-order valence-corrected chi connectivity index (χ1v) is 8.50. The lowest BCUT2D eigenvalue weighted by atomic mass is 10.1. The van der Waals surface area contributed by atoms with Crippen LogP contribution in [0.5, 0.6) is 5.75 Å². The third kappa shape index (κ3) is 5.72. The molecule has 4 nitrogen and oxygen atoms in total. The maximum atomic E-state index is 12.2. The Morgan fingerprint density at radius 1 is 1.12 bits per heavy atom. The quantitative estimate of drug-likeness (QED) is 0.535. The molecule has 1 N–H and O–H groups in total. The molecule has 0 aliphatic carbocycles. The lowest BCUT2D eigenvalue weighted by Gasteiger charge is -2.04. The number of anilines is 1. The molecular formula is C20H18BrNO3. The molecule has 0 saturated carbocycles. The summed E-state index contributed by atoms with van der Waals surface area (Å²) in [4.78, 5) is 23.7. The molecule has 2 rings (SSSR count). The number of carbonyl (C=O) groups is 2. The highest BCUT2D eigenvalue weighted by Crippen LogP contribution is 2.15. The Morgan fingerprint density at radius 3 is 2.32 bits per heavy atom. The first-order chi connectivity index (χ1) is 12.0. The molecule has 0 spiro atoms. The fraction of sp³-hybridized carbons (Fsp3) is 0.100. The van der Waals surface area contributed by atoms with Crippen LogP contribution in [0, 0.1) is 0 Å². The number of allylic oxidation sites excluding steroid dienone is 1. The molecule has 0 unspecified atom stereocenters. The molecule has 0 aromatic heterocycles. The molecule has 0 aliphatic rings. The highest BCUT2D eigenvalue weighted by molar-refractivity contribution is 9.12. The van der Waals surface area contributed by atoms with Crippen molar-refractivity contribution >= 4 is 39.4 Å². The van der Waals surface area contributed by atoms with Crippen LogP contribution in [0.2, 0.25) is 0 Å². The molecule has 1 amide bonds. The Labute approximate surface area is 155 Å². The van der Waals surface area contributed by atoms with Crippen molar-refractivity contribution in [3.63, 3.8) is 0 Å². The minimum atomic E-state index is -0.297. The van der Waals surface area contributed by atoms with Crippen molar-refractivity contribution in [2.75, 3.05) is 11.9 Å². The Kier molecular flexibility index (Phi) is 6.71. The highest BCUT2D eigenvalue weighted by Gasteiger charge is 2.04. The SMILES string of the molecule is C=C(Br)C(=O)Nc1ccc(/C=C/C(=O)c2ccc(OCC)cc2)cc1. The summed E-state index contributed by atoms with van der Waals surface area (Å²) in [5.74, 6) is 0.358. The predicted octanol–water partition coefficient (Wildman–Crippen LogP) is 4.83. The zero-order valence-corrected chi connectivity index (χ0v) is 15.4. The van der Waals surface area contributed by atoms with Gasteiger partial charge in [-0.25, -0.2) is 0 Å². The third-order valence-corrected chi connectivity index (χ3v) is 3.65. The van der Waals surface area contributed by atoms with Gasteiger partial charge in [0.05, 0.1) is 11.1 Å². The van der Waals surface area contributed by atoms with Crippen LogP contribution < -0.4 is 10.1 Å². The smallest absolute Gasteiger partial charge is 0.262 e. The van der Waals surface area contributed by atoms with Crippen molar-refractivity contribution in [2.24, 2.45) is 0 Å². The van der Waals surface area contributed by atoms with E-state index < -0.39 is 0 Å². The van der Waals surface area contributed by atoms with Gasteiger partial charge in [0, 0.05) is 11.3 Å². The number of hydrogen-bond acceptors (Lipinski definition) is 3. The molecule has 0 heterocycles. The summed E-state index contributed by atoms with van der Waals surface area (Å²) >= 11 is 3.02. The summed E-state index contributed by atoms with van der Waals surface area (Å²) in [5, 5.41) is 2.69. The van der Waals surface area contributed by atoms with Crippen LogP contribution in [-0.2, 0) is 4.79 Å². The Bertz CT molecular complexity index is 793. The van der Waals surface area contributed by atoms with Crippen molar-refractivity contribution in [3.8, 4) is 5.75 Å². The summed E-state index contributed by atoms with van der Waals surface area (Å²) in [7, 11) is 0. The minimum Gasteiger partial charge on any atom is -0.494 e. The van der Waals surface area contributed by atoms with Gasteiger partial charge in [-0.3, -0.25) is 9.59 Å². The largest absolute Gasteiger partial charge is 0.494 e. The number of ketones is 1. The molecule has 2 aromatic carbocycles. The Hall–Kier alpha value is -2.66. The third-order valence-electron chi connectivity index (χ3n) is 3.29. The summed E-state index contributed by atoms with van der Waals surface area (Å²) < 4.78 is 5.62. The number of rotatable bonds is 7. The summed E-state index contributed by atoms with van der Waals surface area (Å²) in [6, 6.07) is 14.2. The molecule has 0 aliphatic heterocycles. The van der Waals surface area contributed by atoms with Gasteiger partial charge < -0.3 is 10.1 Å². The minimum absolute atomic E-state index is 0.0870. The zero-order valence-electron chi connectivity index (χ0n) is 13.8. The van der Waals surface area contributed by atoms with Gasteiger partial charge in [-0.15, -0.1) is 0 Å². The van der Waals surface area contributed by atoms with Crippen molar-refractivity contribution < 1.29 is 14.3 Å². The molecule has 0 saturated heterocycles. The van der Waals surface area contributed by atoms with E-state index in [0.29, 0.717) is 17.9 Å². The van der Waals surface area contributed by atoms with Crippen molar-refractivity contribution in [1.82, 2.24) is 0 Å². The first kappa shape index (κ1) is 18.7. The van der Waals surface area contributed by atoms with E-state index in [2.05, 4.69) is 27.8 Å². The van der Waals surface area contributed by atoms with Crippen LogP contribution in [0.3, 0.4) is 0 Å². The summed E-state index contributed by atoms with van der Waals surface area (Å²) in [5.41, 5.74) is 2.11. The molecular weight excluding hydrogens is 382 g/mol. The van der Waals surface area contributed by atoms with Gasteiger partial charge in [0.25, 0.3) is 5.91 Å². The number of amides is 1. The van der Waals surface area contributed by atoms with Crippen LogP contribution >= 0.6 is 15.9 Å². The van der Waals surface area contributed by atoms with E-state index in [0.717, 1.165) is 11.3 Å². The zero-order chi connectivity index (χ0) is 18.2. The standard InChI is InChI=1S/C20H18BrNO3/c1-3-25-18-11-7-16(8-12-18)19(23)13-6-15-4-9-17(10-5-15)22-20(24)14(2)21/h4-13H,2-3H2,1H3,(H,22,24)/b13-6+. The molecule has 0 fully saturated rings. The molecule has 128 valence electrons. The molecule has 25 heavy (non-hydrogen) atoms. The number of hydrogen-bond donors (Lipinski definition) is 1. The second-order valence-electron chi connectivity index (χ2n) is 5.14. The Balaban J connectivity index is 1.99. The number of ether oxygens (including phenoxy) is 1. The highest BCUT2D eigenvalue weighted by atomic mass is 79.9. The normalized spacial score (nSPS) is 10.5. The van der Waals surface area contributed by atoms with Crippen LogP contribution in [0.4, 0.5) is 5.69 Å². The van der Waals surface area contributed by atoms with Gasteiger partial charge >= 0.3 is 0 Å². The number of nitrogens with one attached hydrogen (secondary N) is 1. The van der Waals surface area contributed by atoms with E-state index in [1.807, 2.05) is 19.1 Å². The van der Waals surface area contributed by atoms with Gasteiger partial charge in [0.1, 0.15) is 5.75 Å². The topological polar surface area (TPSA) is 55.4 Å². The van der Waals surface area contributed by atoms with Crippen LogP contribution in [0.25, 0.3) is 6.08 Å². The molecule has 0 bridgehead atoms. The average molecular weight is 400 g/mol.